The van der Waals surface area contributed by atoms with E-state index in [2.05, 4.69) is 21.8 Å². The maximum absolute atomic E-state index is 9.65. The summed E-state index contributed by atoms with van der Waals surface area (Å²) in [6.07, 6.45) is 7.38. The Morgan fingerprint density at radius 1 is 1.16 bits per heavy atom. The molecule has 0 radical (unpaired) electrons. The van der Waals surface area contributed by atoms with Gasteiger partial charge in [-0.3, -0.25) is 0 Å². The molecule has 0 aromatic heterocycles. The predicted octanol–water partition coefficient (Wildman–Crippen LogP) is 3.16. The lowest BCUT2D eigenvalue weighted by Crippen LogP contribution is -2.50. The fraction of sp³-hybridized carbons (Fsp3) is 0.500. The summed E-state index contributed by atoms with van der Waals surface area (Å²) in [7, 11) is 0. The smallest absolute Gasteiger partial charge is 0.137 e. The molecule has 2 unspecified atom stereocenters. The number of rotatable bonds is 3. The molecule has 132 valence electrons. The molecule has 2 heterocycles. The third kappa shape index (κ3) is 2.86. The van der Waals surface area contributed by atoms with Gasteiger partial charge in [-0.15, -0.1) is 0 Å². The lowest BCUT2D eigenvalue weighted by atomic mass is 9.81. The zero-order chi connectivity index (χ0) is 17.4. The highest BCUT2D eigenvalue weighted by molar-refractivity contribution is 6.11. The van der Waals surface area contributed by atoms with Gasteiger partial charge in [0.2, 0.25) is 0 Å². The van der Waals surface area contributed by atoms with Gasteiger partial charge in [0.25, 0.3) is 0 Å². The molecular weight excluding hydrogens is 312 g/mol. The number of aliphatic imine (C=N–C) groups is 2. The molecule has 3 N–H and O–H groups in total. The van der Waals surface area contributed by atoms with Gasteiger partial charge >= 0.3 is 0 Å². The molecule has 0 bridgehead atoms. The average molecular weight is 338 g/mol. The number of nitrogens with two attached hydrogens (primary N) is 1. The Labute approximate surface area is 149 Å². The predicted molar refractivity (Wildman–Crippen MR) is 102 cm³/mol. The summed E-state index contributed by atoms with van der Waals surface area (Å²) < 4.78 is 0. The minimum absolute atomic E-state index is 0.283. The molecule has 2 aliphatic heterocycles. The highest BCUT2D eigenvalue weighted by atomic mass is 16.3. The van der Waals surface area contributed by atoms with Crippen LogP contribution in [-0.2, 0) is 0 Å². The van der Waals surface area contributed by atoms with Gasteiger partial charge in [0.1, 0.15) is 24.1 Å². The fourth-order valence-corrected chi connectivity index (χ4v) is 4.48. The van der Waals surface area contributed by atoms with Crippen LogP contribution in [0.25, 0.3) is 5.57 Å². The van der Waals surface area contributed by atoms with E-state index < -0.39 is 0 Å². The van der Waals surface area contributed by atoms with Crippen LogP contribution < -0.4 is 5.73 Å². The molecule has 4 rings (SSSR count). The highest BCUT2D eigenvalue weighted by Crippen LogP contribution is 2.40. The standard InChI is InChI=1S/C20H26N4O/c1-2-13-11-24(15-5-3-4-6-15)20-18(19(21)22-12-23-20)17(13)14-7-9-16(25)10-8-14/h7-10,12-13,15,19,25H,2-6,11,21H2,1H3. The Hall–Kier alpha value is -2.14. The minimum atomic E-state index is -0.366. The van der Waals surface area contributed by atoms with Crippen molar-refractivity contribution in [1.82, 2.24) is 4.90 Å². The normalized spacial score (nSPS) is 26.8. The van der Waals surface area contributed by atoms with Crippen molar-refractivity contribution in [3.63, 3.8) is 0 Å². The molecule has 3 aliphatic rings. The van der Waals surface area contributed by atoms with E-state index in [1.54, 1.807) is 18.5 Å². The lowest BCUT2D eigenvalue weighted by molar-refractivity contribution is 0.279. The Kier molecular flexibility index (Phi) is 4.34. The van der Waals surface area contributed by atoms with Crippen molar-refractivity contribution in [3.05, 3.63) is 35.4 Å². The summed E-state index contributed by atoms with van der Waals surface area (Å²) >= 11 is 0. The van der Waals surface area contributed by atoms with Gasteiger partial charge < -0.3 is 15.7 Å². The zero-order valence-electron chi connectivity index (χ0n) is 14.7. The van der Waals surface area contributed by atoms with Crippen molar-refractivity contribution < 1.29 is 5.11 Å². The molecule has 1 saturated carbocycles. The van der Waals surface area contributed by atoms with Crippen LogP contribution in [0.3, 0.4) is 0 Å². The topological polar surface area (TPSA) is 74.2 Å². The van der Waals surface area contributed by atoms with Gasteiger partial charge in [0.05, 0.1) is 0 Å². The van der Waals surface area contributed by atoms with Crippen molar-refractivity contribution in [2.45, 2.75) is 51.2 Å². The Morgan fingerprint density at radius 2 is 1.88 bits per heavy atom. The van der Waals surface area contributed by atoms with E-state index in [1.165, 1.54) is 31.3 Å². The van der Waals surface area contributed by atoms with Crippen molar-refractivity contribution in [2.24, 2.45) is 21.6 Å². The second-order valence-corrected chi connectivity index (χ2v) is 7.23. The molecule has 1 aromatic rings. The maximum Gasteiger partial charge on any atom is 0.137 e. The monoisotopic (exact) mass is 338 g/mol. The number of hydrogen-bond donors (Lipinski definition) is 2. The molecule has 5 heteroatoms. The number of phenols is 1. The number of phenolic OH excluding ortho intramolecular Hbond substituents is 1. The molecule has 1 aromatic carbocycles. The molecule has 1 aliphatic carbocycles. The summed E-state index contributed by atoms with van der Waals surface area (Å²) in [6, 6.07) is 8.02. The van der Waals surface area contributed by atoms with Crippen LogP contribution in [0.5, 0.6) is 5.75 Å². The molecular formula is C20H26N4O. The van der Waals surface area contributed by atoms with Crippen LogP contribution in [0.1, 0.15) is 44.6 Å². The van der Waals surface area contributed by atoms with E-state index >= 15 is 0 Å². The van der Waals surface area contributed by atoms with Gasteiger partial charge in [-0.2, -0.15) is 0 Å². The number of nitrogens with zero attached hydrogens (tertiary/aromatic N) is 3. The number of amidine groups is 1. The summed E-state index contributed by atoms with van der Waals surface area (Å²) in [4.78, 5) is 11.5. The van der Waals surface area contributed by atoms with E-state index in [0.717, 1.165) is 29.9 Å². The molecule has 1 fully saturated rings. The van der Waals surface area contributed by atoms with Crippen LogP contribution in [0.4, 0.5) is 0 Å². The first kappa shape index (κ1) is 16.3. The van der Waals surface area contributed by atoms with Gasteiger partial charge in [-0.05, 0) is 42.5 Å². The minimum Gasteiger partial charge on any atom is -0.508 e. The third-order valence-corrected chi connectivity index (χ3v) is 5.77. The van der Waals surface area contributed by atoms with Crippen molar-refractivity contribution in [3.8, 4) is 5.75 Å². The Morgan fingerprint density at radius 3 is 2.56 bits per heavy atom. The SMILES string of the molecule is CCC1CN(C2CCCC2)C2=NC=NC(N)C2=C1c1ccc(O)cc1. The van der Waals surface area contributed by atoms with Crippen LogP contribution in [0.15, 0.2) is 39.8 Å². The summed E-state index contributed by atoms with van der Waals surface area (Å²) in [5.41, 5.74) is 9.85. The second-order valence-electron chi connectivity index (χ2n) is 7.23. The van der Waals surface area contributed by atoms with Crippen molar-refractivity contribution in [2.75, 3.05) is 6.54 Å². The highest BCUT2D eigenvalue weighted by Gasteiger charge is 2.39. The van der Waals surface area contributed by atoms with Gasteiger partial charge in [0, 0.05) is 24.1 Å². The largest absolute Gasteiger partial charge is 0.508 e. The number of hydrogen-bond acceptors (Lipinski definition) is 5. The first-order chi connectivity index (χ1) is 12.2. The first-order valence-electron chi connectivity index (χ1n) is 9.34. The molecule has 5 nitrogen and oxygen atoms in total. The number of fused-ring (bicyclic) bond motifs is 1. The van der Waals surface area contributed by atoms with Crippen LogP contribution in [0.2, 0.25) is 0 Å². The number of aromatic hydroxyl groups is 1. The van der Waals surface area contributed by atoms with E-state index in [0.29, 0.717) is 12.0 Å². The fourth-order valence-electron chi connectivity index (χ4n) is 4.48. The molecule has 25 heavy (non-hydrogen) atoms. The van der Waals surface area contributed by atoms with Gasteiger partial charge in [-0.25, -0.2) is 9.98 Å². The van der Waals surface area contributed by atoms with E-state index in [4.69, 9.17) is 5.73 Å². The maximum atomic E-state index is 9.65. The molecule has 0 spiro atoms. The van der Waals surface area contributed by atoms with E-state index in [9.17, 15) is 5.11 Å². The first-order valence-corrected chi connectivity index (χ1v) is 9.34. The molecule has 0 saturated heterocycles. The van der Waals surface area contributed by atoms with Crippen LogP contribution in [-0.4, -0.2) is 40.9 Å². The summed E-state index contributed by atoms with van der Waals surface area (Å²) in [5, 5.41) is 9.65. The lowest BCUT2D eigenvalue weighted by Gasteiger charge is -2.43. The Balaban J connectivity index is 1.84. The molecule has 2 atom stereocenters. The van der Waals surface area contributed by atoms with Crippen molar-refractivity contribution in [1.29, 1.82) is 0 Å². The zero-order valence-corrected chi connectivity index (χ0v) is 14.7. The number of benzene rings is 1. The summed E-state index contributed by atoms with van der Waals surface area (Å²) in [6.45, 7) is 3.22. The Bertz CT molecular complexity index is 729. The van der Waals surface area contributed by atoms with Crippen LogP contribution >= 0.6 is 0 Å². The van der Waals surface area contributed by atoms with E-state index in [1.807, 2.05) is 12.1 Å². The summed E-state index contributed by atoms with van der Waals surface area (Å²) in [5.74, 6) is 1.70. The van der Waals surface area contributed by atoms with E-state index in [-0.39, 0.29) is 11.9 Å². The van der Waals surface area contributed by atoms with Gasteiger partial charge in [-0.1, -0.05) is 31.9 Å². The van der Waals surface area contributed by atoms with Gasteiger partial charge in [0.15, 0.2) is 0 Å². The second kappa shape index (κ2) is 6.64. The van der Waals surface area contributed by atoms with Crippen molar-refractivity contribution >= 4 is 17.7 Å². The average Bonchev–Trinajstić information content (AvgIpc) is 3.16. The quantitative estimate of drug-likeness (QED) is 0.889. The molecule has 0 amide bonds. The third-order valence-electron chi connectivity index (χ3n) is 5.77. The van der Waals surface area contributed by atoms with Crippen LogP contribution in [0, 0.1) is 5.92 Å².